The average molecular weight is 223 g/mol. The lowest BCUT2D eigenvalue weighted by molar-refractivity contribution is 0.230. The van der Waals surface area contributed by atoms with Crippen LogP contribution in [0.5, 0.6) is 11.5 Å². The van der Waals surface area contributed by atoms with E-state index in [0.717, 1.165) is 24.3 Å². The molecule has 0 aliphatic heterocycles. The topological polar surface area (TPSA) is 44.5 Å². The Morgan fingerprint density at radius 3 is 2.56 bits per heavy atom. The third kappa shape index (κ3) is 3.74. The Balaban J connectivity index is 2.83. The summed E-state index contributed by atoms with van der Waals surface area (Å²) in [7, 11) is 1.65. The maximum Gasteiger partial charge on any atom is 0.161 e. The number of hydrogen-bond donors (Lipinski definition) is 1. The van der Waals surface area contributed by atoms with Crippen LogP contribution in [0, 0.1) is 0 Å². The highest BCUT2D eigenvalue weighted by molar-refractivity contribution is 5.43. The minimum atomic E-state index is 0.152. The van der Waals surface area contributed by atoms with Gasteiger partial charge in [0.1, 0.15) is 0 Å². The zero-order valence-electron chi connectivity index (χ0n) is 10.3. The van der Waals surface area contributed by atoms with Crippen molar-refractivity contribution in [3.05, 3.63) is 23.8 Å². The zero-order valence-corrected chi connectivity index (χ0v) is 10.3. The Kier molecular flexibility index (Phi) is 5.12. The Labute approximate surface area is 97.6 Å². The molecule has 0 heterocycles. The first-order valence-corrected chi connectivity index (χ1v) is 5.71. The van der Waals surface area contributed by atoms with E-state index in [2.05, 4.69) is 6.07 Å². The molecule has 0 saturated carbocycles. The van der Waals surface area contributed by atoms with E-state index in [1.54, 1.807) is 7.11 Å². The van der Waals surface area contributed by atoms with E-state index in [-0.39, 0.29) is 6.10 Å². The standard InChI is InChI=1S/C13H21NO2/c1-10(2)16-13-9-11(5-4-8-14)6-7-12(13)15-3/h6-7,9-10H,4-5,8,14H2,1-3H3. The summed E-state index contributed by atoms with van der Waals surface area (Å²) in [6.07, 6.45) is 2.13. The van der Waals surface area contributed by atoms with Crippen molar-refractivity contribution in [2.24, 2.45) is 5.73 Å². The van der Waals surface area contributed by atoms with Crippen molar-refractivity contribution < 1.29 is 9.47 Å². The van der Waals surface area contributed by atoms with Crippen LogP contribution < -0.4 is 15.2 Å². The van der Waals surface area contributed by atoms with Gasteiger partial charge in [0, 0.05) is 0 Å². The summed E-state index contributed by atoms with van der Waals surface area (Å²) in [5.74, 6) is 1.59. The van der Waals surface area contributed by atoms with Crippen LogP contribution in [0.3, 0.4) is 0 Å². The molecule has 0 aromatic heterocycles. The van der Waals surface area contributed by atoms with Crippen molar-refractivity contribution in [1.29, 1.82) is 0 Å². The highest BCUT2D eigenvalue weighted by Crippen LogP contribution is 2.29. The molecule has 90 valence electrons. The molecule has 1 rings (SSSR count). The van der Waals surface area contributed by atoms with Gasteiger partial charge < -0.3 is 15.2 Å². The van der Waals surface area contributed by atoms with Crippen molar-refractivity contribution in [3.63, 3.8) is 0 Å². The number of nitrogens with two attached hydrogens (primary N) is 1. The van der Waals surface area contributed by atoms with Crippen LogP contribution in [0.15, 0.2) is 18.2 Å². The molecule has 0 spiro atoms. The fourth-order valence-corrected chi connectivity index (χ4v) is 1.53. The molecule has 1 aromatic carbocycles. The van der Waals surface area contributed by atoms with E-state index in [9.17, 15) is 0 Å². The van der Waals surface area contributed by atoms with Gasteiger partial charge in [-0.2, -0.15) is 0 Å². The lowest BCUT2D eigenvalue weighted by atomic mass is 10.1. The number of aryl methyl sites for hydroxylation is 1. The van der Waals surface area contributed by atoms with Crippen molar-refractivity contribution in [1.82, 2.24) is 0 Å². The number of methoxy groups -OCH3 is 1. The first-order valence-electron chi connectivity index (χ1n) is 5.71. The van der Waals surface area contributed by atoms with Gasteiger partial charge in [0.15, 0.2) is 11.5 Å². The monoisotopic (exact) mass is 223 g/mol. The lowest BCUT2D eigenvalue weighted by Crippen LogP contribution is -2.07. The Bertz CT molecular complexity index is 324. The van der Waals surface area contributed by atoms with Crippen molar-refractivity contribution >= 4 is 0 Å². The largest absolute Gasteiger partial charge is 0.493 e. The molecule has 3 nitrogen and oxygen atoms in total. The zero-order chi connectivity index (χ0) is 12.0. The smallest absolute Gasteiger partial charge is 0.161 e. The van der Waals surface area contributed by atoms with E-state index in [4.69, 9.17) is 15.2 Å². The summed E-state index contributed by atoms with van der Waals surface area (Å²) in [6, 6.07) is 6.04. The van der Waals surface area contributed by atoms with Gasteiger partial charge in [-0.15, -0.1) is 0 Å². The fraction of sp³-hybridized carbons (Fsp3) is 0.538. The van der Waals surface area contributed by atoms with Gasteiger partial charge in [0.2, 0.25) is 0 Å². The second-order valence-electron chi connectivity index (χ2n) is 4.04. The third-order valence-electron chi connectivity index (χ3n) is 2.26. The van der Waals surface area contributed by atoms with Crippen molar-refractivity contribution in [3.8, 4) is 11.5 Å². The molecule has 0 fully saturated rings. The molecule has 3 heteroatoms. The highest BCUT2D eigenvalue weighted by atomic mass is 16.5. The molecule has 1 aromatic rings. The highest BCUT2D eigenvalue weighted by Gasteiger charge is 2.07. The number of rotatable bonds is 6. The van der Waals surface area contributed by atoms with E-state index in [1.165, 1.54) is 5.56 Å². The second kappa shape index (κ2) is 6.38. The van der Waals surface area contributed by atoms with Gasteiger partial charge >= 0.3 is 0 Å². The molecule has 0 amide bonds. The fourth-order valence-electron chi connectivity index (χ4n) is 1.53. The van der Waals surface area contributed by atoms with Crippen LogP contribution in [0.25, 0.3) is 0 Å². The van der Waals surface area contributed by atoms with Crippen molar-refractivity contribution in [2.45, 2.75) is 32.8 Å². The molecule has 0 atom stereocenters. The summed E-state index contributed by atoms with van der Waals surface area (Å²) < 4.78 is 11.0. The van der Waals surface area contributed by atoms with Gasteiger partial charge in [0.25, 0.3) is 0 Å². The molecular formula is C13H21NO2. The van der Waals surface area contributed by atoms with Gasteiger partial charge in [-0.05, 0) is 50.9 Å². The Morgan fingerprint density at radius 2 is 2.00 bits per heavy atom. The van der Waals surface area contributed by atoms with Crippen LogP contribution >= 0.6 is 0 Å². The summed E-state index contributed by atoms with van der Waals surface area (Å²) in [6.45, 7) is 4.73. The first-order chi connectivity index (χ1) is 7.67. The van der Waals surface area contributed by atoms with Gasteiger partial charge in [0.05, 0.1) is 13.2 Å². The van der Waals surface area contributed by atoms with E-state index in [0.29, 0.717) is 6.54 Å². The van der Waals surface area contributed by atoms with Gasteiger partial charge in [-0.3, -0.25) is 0 Å². The van der Waals surface area contributed by atoms with Crippen LogP contribution in [-0.4, -0.2) is 19.8 Å². The van der Waals surface area contributed by atoms with Gasteiger partial charge in [-0.1, -0.05) is 6.07 Å². The molecule has 0 aliphatic rings. The normalized spacial score (nSPS) is 10.6. The van der Waals surface area contributed by atoms with Crippen LogP contribution in [0.4, 0.5) is 0 Å². The summed E-state index contributed by atoms with van der Waals surface area (Å²) >= 11 is 0. The van der Waals surface area contributed by atoms with Crippen LogP contribution in [0.1, 0.15) is 25.8 Å². The minimum Gasteiger partial charge on any atom is -0.493 e. The Hall–Kier alpha value is -1.22. The molecule has 2 N–H and O–H groups in total. The first kappa shape index (κ1) is 12.8. The predicted molar refractivity (Wildman–Crippen MR) is 66.1 cm³/mol. The van der Waals surface area contributed by atoms with E-state index in [1.807, 2.05) is 26.0 Å². The molecule has 0 bridgehead atoms. The lowest BCUT2D eigenvalue weighted by Gasteiger charge is -2.14. The van der Waals surface area contributed by atoms with E-state index < -0.39 is 0 Å². The number of benzene rings is 1. The van der Waals surface area contributed by atoms with Gasteiger partial charge in [-0.25, -0.2) is 0 Å². The maximum absolute atomic E-state index is 5.70. The SMILES string of the molecule is COc1ccc(CCCN)cc1OC(C)C. The molecule has 16 heavy (non-hydrogen) atoms. The summed E-state index contributed by atoms with van der Waals surface area (Å²) in [5, 5.41) is 0. The molecule has 0 aliphatic carbocycles. The summed E-state index contributed by atoms with van der Waals surface area (Å²) in [4.78, 5) is 0. The van der Waals surface area contributed by atoms with Crippen LogP contribution in [-0.2, 0) is 6.42 Å². The Morgan fingerprint density at radius 1 is 1.25 bits per heavy atom. The average Bonchev–Trinajstić information content (AvgIpc) is 2.26. The number of hydrogen-bond acceptors (Lipinski definition) is 3. The maximum atomic E-state index is 5.70. The number of ether oxygens (including phenoxy) is 2. The second-order valence-corrected chi connectivity index (χ2v) is 4.04. The third-order valence-corrected chi connectivity index (χ3v) is 2.26. The molecule has 0 unspecified atom stereocenters. The summed E-state index contributed by atoms with van der Waals surface area (Å²) in [5.41, 5.74) is 6.73. The minimum absolute atomic E-state index is 0.152. The van der Waals surface area contributed by atoms with Crippen LogP contribution in [0.2, 0.25) is 0 Å². The quantitative estimate of drug-likeness (QED) is 0.805. The molecular weight excluding hydrogens is 202 g/mol. The molecule has 0 radical (unpaired) electrons. The predicted octanol–water partition coefficient (Wildman–Crippen LogP) is 2.37. The molecule has 0 saturated heterocycles. The van der Waals surface area contributed by atoms with Crippen molar-refractivity contribution in [2.75, 3.05) is 13.7 Å². The van der Waals surface area contributed by atoms with E-state index >= 15 is 0 Å².